The number of aliphatic hydroxyl groups is 4. The first kappa shape index (κ1) is 24.8. The largest absolute Gasteiger partial charge is 0.388 e. The van der Waals surface area contributed by atoms with E-state index >= 15 is 0 Å². The zero-order chi connectivity index (χ0) is 26.3. The number of rotatable bonds is 2. The van der Waals surface area contributed by atoms with Gasteiger partial charge in [0.2, 0.25) is 0 Å². The minimum atomic E-state index is -1.22. The van der Waals surface area contributed by atoms with E-state index in [2.05, 4.69) is 36.2 Å². The molecular formula is C30H37N3O4. The van der Waals surface area contributed by atoms with E-state index in [1.807, 2.05) is 31.1 Å². The third-order valence-corrected chi connectivity index (χ3v) is 9.72. The number of hydrogen-bond donors (Lipinski definition) is 5. The summed E-state index contributed by atoms with van der Waals surface area (Å²) in [5.41, 5.74) is 9.41. The maximum Gasteiger partial charge on any atom is 0.131 e. The van der Waals surface area contributed by atoms with Gasteiger partial charge >= 0.3 is 0 Å². The molecule has 1 saturated carbocycles. The molecule has 4 aliphatic rings. The Morgan fingerprint density at radius 1 is 1.11 bits per heavy atom. The van der Waals surface area contributed by atoms with Crippen molar-refractivity contribution in [3.63, 3.8) is 0 Å². The molecule has 4 aliphatic carbocycles. The standard InChI is InChI=1S/C30H37N3O4/c1-29-15-25(34)20-13-23-26(35)27(36)24(33(2)3)14-30(23,37)10-8-18(20)22(29)7-6-21(29)17-5-4-16-9-11-32-28(31)19(16)12-17/h4-6,9,11-13,22,24-27,34-37H,7-8,10,14-15H2,1-3H3,(H2,31,32)/t22?,24-,25?,26+,27+,29+,30+/m0/s1. The van der Waals surface area contributed by atoms with Gasteiger partial charge in [-0.05, 0) is 91.9 Å². The topological polar surface area (TPSA) is 123 Å². The van der Waals surface area contributed by atoms with Gasteiger partial charge in [-0.1, -0.05) is 36.8 Å². The Hall–Kier alpha value is -2.55. The number of allylic oxidation sites excluding steroid dienone is 3. The molecule has 7 heteroatoms. The van der Waals surface area contributed by atoms with Crippen molar-refractivity contribution in [3.8, 4) is 0 Å². The molecule has 1 aromatic carbocycles. The number of benzene rings is 1. The fourth-order valence-electron chi connectivity index (χ4n) is 7.65. The fourth-order valence-corrected chi connectivity index (χ4v) is 7.65. The second-order valence-corrected chi connectivity index (χ2v) is 12.0. The van der Waals surface area contributed by atoms with Crippen LogP contribution in [0.2, 0.25) is 0 Å². The third-order valence-electron chi connectivity index (χ3n) is 9.72. The van der Waals surface area contributed by atoms with Gasteiger partial charge in [0.25, 0.3) is 0 Å². The molecule has 2 unspecified atom stereocenters. The second kappa shape index (κ2) is 8.48. The lowest BCUT2D eigenvalue weighted by atomic mass is 9.61. The number of pyridine rings is 1. The van der Waals surface area contributed by atoms with Gasteiger partial charge in [-0.3, -0.25) is 0 Å². The van der Waals surface area contributed by atoms with E-state index in [9.17, 15) is 20.4 Å². The SMILES string of the molecule is CN(C)[C@H]1C[C@]2(O)CCC3=C(C=C2[C@@H](O)[C@@H]1O)C(O)C[C@]1(C)C(c2ccc4ccnc(N)c4c2)=CCC31. The van der Waals surface area contributed by atoms with E-state index in [0.29, 0.717) is 37.1 Å². The van der Waals surface area contributed by atoms with Crippen LogP contribution in [0.3, 0.4) is 0 Å². The molecule has 1 aromatic heterocycles. The van der Waals surface area contributed by atoms with Crippen LogP contribution in [0.4, 0.5) is 5.82 Å². The van der Waals surface area contributed by atoms with Crippen LogP contribution in [0.1, 0.15) is 44.6 Å². The molecule has 0 radical (unpaired) electrons. The first-order valence-corrected chi connectivity index (χ1v) is 13.3. The van der Waals surface area contributed by atoms with Gasteiger partial charge in [-0.2, -0.15) is 0 Å². The maximum absolute atomic E-state index is 11.8. The van der Waals surface area contributed by atoms with Gasteiger partial charge in [0.15, 0.2) is 0 Å². The van der Waals surface area contributed by atoms with Crippen molar-refractivity contribution in [2.75, 3.05) is 19.8 Å². The molecule has 0 bridgehead atoms. The molecule has 0 spiro atoms. The normalized spacial score (nSPS) is 37.6. The summed E-state index contributed by atoms with van der Waals surface area (Å²) in [7, 11) is 3.71. The molecule has 196 valence electrons. The molecule has 0 aliphatic heterocycles. The Morgan fingerprint density at radius 3 is 2.65 bits per heavy atom. The summed E-state index contributed by atoms with van der Waals surface area (Å²) in [5, 5.41) is 47.1. The van der Waals surface area contributed by atoms with Crippen molar-refractivity contribution in [3.05, 3.63) is 64.9 Å². The van der Waals surface area contributed by atoms with E-state index in [1.165, 1.54) is 5.57 Å². The van der Waals surface area contributed by atoms with Crippen LogP contribution in [0.15, 0.2) is 59.3 Å². The molecule has 1 fully saturated rings. The Morgan fingerprint density at radius 2 is 1.89 bits per heavy atom. The number of anilines is 1. The summed E-state index contributed by atoms with van der Waals surface area (Å²) in [4.78, 5) is 6.13. The molecule has 7 nitrogen and oxygen atoms in total. The first-order chi connectivity index (χ1) is 17.5. The highest BCUT2D eigenvalue weighted by atomic mass is 16.3. The number of aromatic nitrogens is 1. The number of fused-ring (bicyclic) bond motifs is 4. The number of hydrogen-bond acceptors (Lipinski definition) is 7. The highest BCUT2D eigenvalue weighted by Gasteiger charge is 2.53. The average Bonchev–Trinajstić information content (AvgIpc) is 3.10. The Kier molecular flexibility index (Phi) is 5.68. The lowest BCUT2D eigenvalue weighted by Crippen LogP contribution is -2.58. The molecule has 6 N–H and O–H groups in total. The maximum atomic E-state index is 11.8. The molecule has 2 aromatic rings. The van der Waals surface area contributed by atoms with Crippen LogP contribution < -0.4 is 5.73 Å². The zero-order valence-electron chi connectivity index (χ0n) is 21.7. The molecule has 37 heavy (non-hydrogen) atoms. The Labute approximate surface area is 217 Å². The van der Waals surface area contributed by atoms with Gasteiger partial charge in [0.1, 0.15) is 11.9 Å². The van der Waals surface area contributed by atoms with Crippen molar-refractivity contribution in [2.45, 2.75) is 69.0 Å². The molecule has 0 amide bonds. The van der Waals surface area contributed by atoms with E-state index in [1.54, 1.807) is 6.20 Å². The molecule has 6 rings (SSSR count). The van der Waals surface area contributed by atoms with E-state index in [0.717, 1.165) is 33.9 Å². The van der Waals surface area contributed by atoms with Gasteiger partial charge in [0, 0.05) is 23.0 Å². The number of likely N-dealkylation sites (N-methyl/N-ethyl adjacent to an activating group) is 1. The average molecular weight is 504 g/mol. The number of nitrogens with two attached hydrogens (primary N) is 1. The minimum absolute atomic E-state index is 0.190. The quantitative estimate of drug-likeness (QED) is 0.427. The third kappa shape index (κ3) is 3.63. The van der Waals surface area contributed by atoms with Crippen LogP contribution in [0, 0.1) is 11.3 Å². The smallest absolute Gasteiger partial charge is 0.131 e. The Bertz CT molecular complexity index is 1360. The highest BCUT2D eigenvalue weighted by molar-refractivity contribution is 5.94. The van der Waals surface area contributed by atoms with Crippen molar-refractivity contribution in [2.24, 2.45) is 11.3 Å². The van der Waals surface area contributed by atoms with Gasteiger partial charge < -0.3 is 31.1 Å². The van der Waals surface area contributed by atoms with Gasteiger partial charge in [-0.15, -0.1) is 0 Å². The first-order valence-electron chi connectivity index (χ1n) is 13.3. The lowest BCUT2D eigenvalue weighted by Gasteiger charge is -2.46. The van der Waals surface area contributed by atoms with Crippen molar-refractivity contribution in [1.82, 2.24) is 9.88 Å². The van der Waals surface area contributed by atoms with E-state index in [-0.39, 0.29) is 17.4 Å². The molecule has 7 atom stereocenters. The van der Waals surface area contributed by atoms with Crippen LogP contribution in [0.5, 0.6) is 0 Å². The fraction of sp³-hybridized carbons (Fsp3) is 0.500. The molecule has 0 saturated heterocycles. The monoisotopic (exact) mass is 503 g/mol. The summed E-state index contributed by atoms with van der Waals surface area (Å²) in [6, 6.07) is 7.92. The van der Waals surface area contributed by atoms with Gasteiger partial charge in [0.05, 0.1) is 17.8 Å². The van der Waals surface area contributed by atoms with Crippen molar-refractivity contribution >= 4 is 22.2 Å². The zero-order valence-corrected chi connectivity index (χ0v) is 21.7. The lowest BCUT2D eigenvalue weighted by molar-refractivity contribution is -0.0922. The Balaban J connectivity index is 1.38. The van der Waals surface area contributed by atoms with Crippen LogP contribution >= 0.6 is 0 Å². The van der Waals surface area contributed by atoms with E-state index in [4.69, 9.17) is 5.73 Å². The predicted molar refractivity (Wildman–Crippen MR) is 144 cm³/mol. The van der Waals surface area contributed by atoms with Crippen LogP contribution in [0.25, 0.3) is 16.3 Å². The minimum Gasteiger partial charge on any atom is -0.388 e. The summed E-state index contributed by atoms with van der Waals surface area (Å²) < 4.78 is 0. The van der Waals surface area contributed by atoms with Gasteiger partial charge in [-0.25, -0.2) is 4.98 Å². The highest BCUT2D eigenvalue weighted by Crippen LogP contribution is 2.60. The van der Waals surface area contributed by atoms with Crippen molar-refractivity contribution < 1.29 is 20.4 Å². The van der Waals surface area contributed by atoms with Crippen LogP contribution in [-0.4, -0.2) is 74.4 Å². The number of nitrogen functional groups attached to an aromatic ring is 1. The summed E-state index contributed by atoms with van der Waals surface area (Å²) in [5.74, 6) is 0.700. The van der Waals surface area contributed by atoms with E-state index < -0.39 is 23.9 Å². The molecular weight excluding hydrogens is 466 g/mol. The number of nitrogens with zero attached hydrogens (tertiary/aromatic N) is 2. The summed E-state index contributed by atoms with van der Waals surface area (Å²) >= 11 is 0. The number of aliphatic hydroxyl groups excluding tert-OH is 3. The molecule has 1 heterocycles. The summed E-state index contributed by atoms with van der Waals surface area (Å²) in [6.45, 7) is 2.24. The predicted octanol–water partition coefficient (Wildman–Crippen LogP) is 2.79. The summed E-state index contributed by atoms with van der Waals surface area (Å²) in [6.07, 6.45) is 5.77. The van der Waals surface area contributed by atoms with Crippen LogP contribution in [-0.2, 0) is 0 Å². The van der Waals surface area contributed by atoms with Crippen molar-refractivity contribution in [1.29, 1.82) is 0 Å². The second-order valence-electron chi connectivity index (χ2n) is 12.0.